The van der Waals surface area contributed by atoms with Gasteiger partial charge < -0.3 is 13.9 Å². The fourth-order valence-electron chi connectivity index (χ4n) is 4.50. The van der Waals surface area contributed by atoms with Gasteiger partial charge in [-0.25, -0.2) is 14.1 Å². The van der Waals surface area contributed by atoms with Crippen molar-refractivity contribution >= 4 is 11.0 Å². The number of hydrogen-bond donors (Lipinski definition) is 0. The molecule has 0 unspecified atom stereocenters. The molecular weight excluding hydrogens is 463 g/mol. The molecule has 0 atom stereocenters. The third kappa shape index (κ3) is 3.82. The van der Waals surface area contributed by atoms with Crippen molar-refractivity contribution in [3.8, 4) is 28.6 Å². The highest BCUT2D eigenvalue weighted by Gasteiger charge is 2.22. The van der Waals surface area contributed by atoms with Gasteiger partial charge in [0.05, 0.1) is 37.7 Å². The summed E-state index contributed by atoms with van der Waals surface area (Å²) in [5, 5.41) is 5.47. The number of benzene rings is 2. The van der Waals surface area contributed by atoms with Crippen LogP contribution in [0.3, 0.4) is 0 Å². The first-order valence-electron chi connectivity index (χ1n) is 11.4. The van der Waals surface area contributed by atoms with Gasteiger partial charge in [0.2, 0.25) is 5.89 Å². The Morgan fingerprint density at radius 1 is 1.03 bits per heavy atom. The van der Waals surface area contributed by atoms with Gasteiger partial charge in [-0.15, -0.1) is 0 Å². The van der Waals surface area contributed by atoms with Gasteiger partial charge in [-0.1, -0.05) is 12.1 Å². The number of pyridine rings is 1. The van der Waals surface area contributed by atoms with Crippen LogP contribution in [0.25, 0.3) is 28.2 Å². The summed E-state index contributed by atoms with van der Waals surface area (Å²) in [7, 11) is 3.11. The SMILES string of the molecule is COc1cccc(-c2nc(Cn3c(=O)cc(C)c4c(C)nn(-c5cccc(F)c5)c43)c(C)o2)c1OC. The minimum absolute atomic E-state index is 0.137. The highest BCUT2D eigenvalue weighted by Crippen LogP contribution is 2.38. The zero-order chi connectivity index (χ0) is 25.6. The quantitative estimate of drug-likeness (QED) is 0.336. The number of ether oxygens (including phenoxy) is 2. The second-order valence-electron chi connectivity index (χ2n) is 8.49. The van der Waals surface area contributed by atoms with Crippen LogP contribution in [-0.2, 0) is 6.54 Å². The molecule has 9 heteroatoms. The van der Waals surface area contributed by atoms with Crippen LogP contribution in [0, 0.1) is 26.6 Å². The van der Waals surface area contributed by atoms with Gasteiger partial charge >= 0.3 is 0 Å². The number of para-hydroxylation sites is 1. The maximum Gasteiger partial charge on any atom is 0.252 e. The predicted octanol–water partition coefficient (Wildman–Crippen LogP) is 4.97. The molecule has 0 N–H and O–H groups in total. The maximum absolute atomic E-state index is 14.0. The summed E-state index contributed by atoms with van der Waals surface area (Å²) in [6.07, 6.45) is 0. The fraction of sp³-hybridized carbons (Fsp3) is 0.222. The van der Waals surface area contributed by atoms with E-state index in [4.69, 9.17) is 18.9 Å². The molecule has 2 aromatic carbocycles. The van der Waals surface area contributed by atoms with Gasteiger partial charge in [0.25, 0.3) is 5.56 Å². The summed E-state index contributed by atoms with van der Waals surface area (Å²) in [5.41, 5.74) is 3.60. The number of rotatable bonds is 6. The largest absolute Gasteiger partial charge is 0.493 e. The Hall–Kier alpha value is -4.40. The summed E-state index contributed by atoms with van der Waals surface area (Å²) < 4.78 is 34.2. The number of nitrogens with zero attached hydrogens (tertiary/aromatic N) is 4. The second kappa shape index (κ2) is 8.99. The first-order chi connectivity index (χ1) is 17.3. The highest BCUT2D eigenvalue weighted by molar-refractivity contribution is 5.83. The summed E-state index contributed by atoms with van der Waals surface area (Å²) in [5.74, 6) is 1.58. The Morgan fingerprint density at radius 3 is 2.53 bits per heavy atom. The molecule has 0 spiro atoms. The molecule has 5 aromatic rings. The molecule has 0 amide bonds. The van der Waals surface area contributed by atoms with Crippen LogP contribution in [0.5, 0.6) is 11.5 Å². The number of aromatic nitrogens is 4. The average Bonchev–Trinajstić information content (AvgIpc) is 3.40. The van der Waals surface area contributed by atoms with Crippen molar-refractivity contribution in [2.75, 3.05) is 14.2 Å². The maximum atomic E-state index is 14.0. The molecule has 3 aromatic heterocycles. The minimum Gasteiger partial charge on any atom is -0.493 e. The fourth-order valence-corrected chi connectivity index (χ4v) is 4.50. The Balaban J connectivity index is 1.67. The van der Waals surface area contributed by atoms with Crippen molar-refractivity contribution < 1.29 is 18.3 Å². The van der Waals surface area contributed by atoms with E-state index < -0.39 is 0 Å². The smallest absolute Gasteiger partial charge is 0.252 e. The molecule has 0 aliphatic heterocycles. The highest BCUT2D eigenvalue weighted by atomic mass is 19.1. The van der Waals surface area contributed by atoms with Gasteiger partial charge in [0.1, 0.15) is 22.9 Å². The van der Waals surface area contributed by atoms with E-state index in [0.29, 0.717) is 45.7 Å². The molecular formula is C27H25FN4O4. The first kappa shape index (κ1) is 23.3. The van der Waals surface area contributed by atoms with E-state index in [2.05, 4.69) is 5.10 Å². The van der Waals surface area contributed by atoms with Crippen molar-refractivity contribution in [2.24, 2.45) is 0 Å². The molecule has 184 valence electrons. The molecule has 0 saturated heterocycles. The van der Waals surface area contributed by atoms with Crippen molar-refractivity contribution in [2.45, 2.75) is 27.3 Å². The number of halogens is 1. The summed E-state index contributed by atoms with van der Waals surface area (Å²) in [6.45, 7) is 5.67. The lowest BCUT2D eigenvalue weighted by molar-refractivity contribution is 0.355. The van der Waals surface area contributed by atoms with Crippen molar-refractivity contribution in [1.82, 2.24) is 19.3 Å². The number of oxazole rings is 1. The van der Waals surface area contributed by atoms with Crippen LogP contribution >= 0.6 is 0 Å². The van der Waals surface area contributed by atoms with Crippen LogP contribution in [0.2, 0.25) is 0 Å². The van der Waals surface area contributed by atoms with Crippen molar-refractivity contribution in [3.05, 3.63) is 87.4 Å². The van der Waals surface area contributed by atoms with Gasteiger partial charge in [-0.2, -0.15) is 5.10 Å². The van der Waals surface area contributed by atoms with E-state index >= 15 is 0 Å². The number of aryl methyl sites for hydroxylation is 3. The average molecular weight is 489 g/mol. The summed E-state index contributed by atoms with van der Waals surface area (Å²) in [4.78, 5) is 17.9. The Morgan fingerprint density at radius 2 is 1.81 bits per heavy atom. The Labute approximate surface area is 206 Å². The molecule has 0 aliphatic rings. The van der Waals surface area contributed by atoms with E-state index in [-0.39, 0.29) is 17.9 Å². The molecule has 0 aliphatic carbocycles. The van der Waals surface area contributed by atoms with Crippen LogP contribution in [0.15, 0.2) is 57.7 Å². The zero-order valence-corrected chi connectivity index (χ0v) is 20.6. The minimum atomic E-state index is -0.389. The Bertz CT molecular complexity index is 1660. The summed E-state index contributed by atoms with van der Waals surface area (Å²) >= 11 is 0. The lowest BCUT2D eigenvalue weighted by Gasteiger charge is -2.12. The molecule has 8 nitrogen and oxygen atoms in total. The molecule has 36 heavy (non-hydrogen) atoms. The van der Waals surface area contributed by atoms with Crippen molar-refractivity contribution in [1.29, 1.82) is 0 Å². The number of hydrogen-bond acceptors (Lipinski definition) is 6. The van der Waals surface area contributed by atoms with E-state index in [0.717, 1.165) is 16.6 Å². The zero-order valence-electron chi connectivity index (χ0n) is 20.6. The van der Waals surface area contributed by atoms with Crippen LogP contribution < -0.4 is 15.0 Å². The van der Waals surface area contributed by atoms with Crippen LogP contribution in [0.4, 0.5) is 4.39 Å². The number of methoxy groups -OCH3 is 2. The van der Waals surface area contributed by atoms with Crippen LogP contribution in [0.1, 0.15) is 22.7 Å². The lowest BCUT2D eigenvalue weighted by Crippen LogP contribution is -2.23. The van der Waals surface area contributed by atoms with Gasteiger partial charge in [0.15, 0.2) is 11.5 Å². The van der Waals surface area contributed by atoms with Gasteiger partial charge in [-0.3, -0.25) is 9.36 Å². The molecule has 0 saturated carbocycles. The normalized spacial score (nSPS) is 11.3. The van der Waals surface area contributed by atoms with Crippen LogP contribution in [-0.4, -0.2) is 33.6 Å². The topological polar surface area (TPSA) is 84.3 Å². The van der Waals surface area contributed by atoms with Gasteiger partial charge in [-0.05, 0) is 56.7 Å². The summed E-state index contributed by atoms with van der Waals surface area (Å²) in [6, 6.07) is 13.1. The standard InChI is InChI=1S/C27H25FN4O4/c1-15-12-23(33)31(27-24(15)16(2)30-32(27)19-9-6-8-18(28)13-19)14-21-17(3)36-26(29-21)20-10-7-11-22(34-4)25(20)35-5/h6-13H,14H2,1-5H3. The van der Waals surface area contributed by atoms with E-state index in [9.17, 15) is 9.18 Å². The molecule has 5 rings (SSSR count). The second-order valence-corrected chi connectivity index (χ2v) is 8.49. The molecule has 3 heterocycles. The third-order valence-corrected chi connectivity index (χ3v) is 6.18. The molecule has 0 bridgehead atoms. The third-order valence-electron chi connectivity index (χ3n) is 6.18. The van der Waals surface area contributed by atoms with E-state index in [1.54, 1.807) is 54.7 Å². The van der Waals surface area contributed by atoms with Gasteiger partial charge in [0, 0.05) is 11.5 Å². The van der Waals surface area contributed by atoms with E-state index in [1.165, 1.54) is 12.1 Å². The lowest BCUT2D eigenvalue weighted by atomic mass is 10.1. The van der Waals surface area contributed by atoms with Crippen molar-refractivity contribution in [3.63, 3.8) is 0 Å². The monoisotopic (exact) mass is 488 g/mol. The number of fused-ring (bicyclic) bond motifs is 1. The first-order valence-corrected chi connectivity index (χ1v) is 11.4. The molecule has 0 fully saturated rings. The van der Waals surface area contributed by atoms with E-state index in [1.807, 2.05) is 26.0 Å². The Kier molecular flexibility index (Phi) is 5.83. The molecule has 0 radical (unpaired) electrons. The predicted molar refractivity (Wildman–Crippen MR) is 134 cm³/mol.